The summed E-state index contributed by atoms with van der Waals surface area (Å²) < 4.78 is 10.6. The van der Waals surface area contributed by atoms with Gasteiger partial charge >= 0.3 is 5.97 Å². The second-order valence-electron chi connectivity index (χ2n) is 8.54. The average Bonchev–Trinajstić information content (AvgIpc) is 2.81. The van der Waals surface area contributed by atoms with Crippen LogP contribution in [0.4, 0.5) is 11.4 Å². The Kier molecular flexibility index (Phi) is 12.1. The van der Waals surface area contributed by atoms with E-state index in [9.17, 15) is 4.79 Å². The minimum absolute atomic E-state index is 0.134. The quantitative estimate of drug-likeness (QED) is 0.214. The van der Waals surface area contributed by atoms with E-state index in [1.54, 1.807) is 24.3 Å². The highest BCUT2D eigenvalue weighted by atomic mass is 35.5. The Labute approximate surface area is 229 Å². The first-order chi connectivity index (χ1) is 17.1. The molecule has 1 N–H and O–H groups in total. The summed E-state index contributed by atoms with van der Waals surface area (Å²) in [4.78, 5) is 11.9. The topological polar surface area (TPSA) is 47.6 Å². The van der Waals surface area contributed by atoms with E-state index in [1.165, 1.54) is 5.56 Å². The summed E-state index contributed by atoms with van der Waals surface area (Å²) >= 11 is 18.4. The Bertz CT molecular complexity index is 1140. The van der Waals surface area contributed by atoms with Gasteiger partial charge < -0.3 is 14.8 Å². The number of benzene rings is 3. The molecule has 0 bridgehead atoms. The maximum atomic E-state index is 11.9. The van der Waals surface area contributed by atoms with Crippen molar-refractivity contribution in [3.8, 4) is 5.75 Å². The molecule has 0 spiro atoms. The fourth-order valence-electron chi connectivity index (χ4n) is 3.15. The summed E-state index contributed by atoms with van der Waals surface area (Å²) in [5.41, 5.74) is 3.44. The highest BCUT2D eigenvalue weighted by molar-refractivity contribution is 6.39. The minimum atomic E-state index is -0.269. The standard InChI is InChI=1S/C17H17Cl2NO2.C12H15ClO/c1-11(2)22-16(21)10-12-6-3-4-9-15(12)20-17-13(18)7-5-8-14(17)19;1-4-7-14-12-6-5-10(9(2)3)8-11(12)13/h3-9,11,20H,10H2,1-2H3;4-6,8-9H,1,7H2,2-3H3. The first-order valence-corrected chi connectivity index (χ1v) is 12.8. The van der Waals surface area contributed by atoms with Crippen LogP contribution in [0.25, 0.3) is 0 Å². The highest BCUT2D eigenvalue weighted by Gasteiger charge is 2.13. The molecule has 0 atom stereocenters. The number of hydrogen-bond donors (Lipinski definition) is 1. The number of para-hydroxylation sites is 2. The van der Waals surface area contributed by atoms with Crippen molar-refractivity contribution in [1.29, 1.82) is 0 Å². The monoisotopic (exact) mass is 547 g/mol. The van der Waals surface area contributed by atoms with E-state index in [-0.39, 0.29) is 18.5 Å². The molecule has 4 nitrogen and oxygen atoms in total. The molecular weight excluding hydrogens is 517 g/mol. The summed E-state index contributed by atoms with van der Waals surface area (Å²) in [5.74, 6) is 0.937. The van der Waals surface area contributed by atoms with E-state index >= 15 is 0 Å². The summed E-state index contributed by atoms with van der Waals surface area (Å²) in [6.07, 6.45) is 1.75. The lowest BCUT2D eigenvalue weighted by Crippen LogP contribution is -2.14. The number of nitrogens with one attached hydrogen (secondary N) is 1. The lowest BCUT2D eigenvalue weighted by atomic mass is 10.0. The molecule has 0 saturated carbocycles. The largest absolute Gasteiger partial charge is 0.488 e. The third kappa shape index (κ3) is 9.42. The van der Waals surface area contributed by atoms with E-state index < -0.39 is 0 Å². The maximum Gasteiger partial charge on any atom is 0.310 e. The molecule has 0 aliphatic heterocycles. The third-order valence-electron chi connectivity index (χ3n) is 4.92. The normalized spacial score (nSPS) is 10.5. The van der Waals surface area contributed by atoms with E-state index in [4.69, 9.17) is 44.3 Å². The molecule has 3 aromatic rings. The maximum absolute atomic E-state index is 11.9. The Morgan fingerprint density at radius 3 is 2.19 bits per heavy atom. The van der Waals surface area contributed by atoms with Crippen LogP contribution in [0.5, 0.6) is 5.75 Å². The Balaban J connectivity index is 0.000000281. The van der Waals surface area contributed by atoms with Gasteiger partial charge in [-0.2, -0.15) is 0 Å². The zero-order valence-corrected chi connectivity index (χ0v) is 23.3. The smallest absolute Gasteiger partial charge is 0.310 e. The number of rotatable bonds is 9. The van der Waals surface area contributed by atoms with Gasteiger partial charge in [0.2, 0.25) is 0 Å². The van der Waals surface area contributed by atoms with Crippen molar-refractivity contribution < 1.29 is 14.3 Å². The zero-order chi connectivity index (χ0) is 26.7. The molecule has 192 valence electrons. The van der Waals surface area contributed by atoms with Crippen LogP contribution in [-0.4, -0.2) is 18.7 Å². The van der Waals surface area contributed by atoms with Crippen LogP contribution in [0.15, 0.2) is 73.3 Å². The predicted molar refractivity (Wildman–Crippen MR) is 152 cm³/mol. The van der Waals surface area contributed by atoms with Crippen molar-refractivity contribution in [3.63, 3.8) is 0 Å². The second kappa shape index (κ2) is 14.8. The van der Waals surface area contributed by atoms with Crippen molar-refractivity contribution in [2.24, 2.45) is 0 Å². The number of carbonyl (C=O) groups excluding carboxylic acids is 1. The summed E-state index contributed by atoms with van der Waals surface area (Å²) in [7, 11) is 0. The molecule has 0 aliphatic rings. The second-order valence-corrected chi connectivity index (χ2v) is 9.76. The number of hydrogen-bond acceptors (Lipinski definition) is 4. The third-order valence-corrected chi connectivity index (χ3v) is 5.85. The van der Waals surface area contributed by atoms with E-state index in [0.717, 1.165) is 17.0 Å². The van der Waals surface area contributed by atoms with Gasteiger partial charge in [-0.05, 0) is 61.2 Å². The molecule has 3 aromatic carbocycles. The fraction of sp³-hybridized carbons (Fsp3) is 0.276. The van der Waals surface area contributed by atoms with Crippen LogP contribution in [0, 0.1) is 0 Å². The van der Waals surface area contributed by atoms with Gasteiger partial charge in [0.1, 0.15) is 12.4 Å². The molecule has 3 rings (SSSR count). The Morgan fingerprint density at radius 2 is 1.61 bits per heavy atom. The van der Waals surface area contributed by atoms with Gasteiger partial charge in [0.25, 0.3) is 0 Å². The van der Waals surface area contributed by atoms with Crippen molar-refractivity contribution in [2.45, 2.75) is 46.1 Å². The van der Waals surface area contributed by atoms with Crippen LogP contribution in [0.2, 0.25) is 15.1 Å². The van der Waals surface area contributed by atoms with Gasteiger partial charge in [-0.25, -0.2) is 0 Å². The van der Waals surface area contributed by atoms with Crippen LogP contribution in [0.3, 0.4) is 0 Å². The molecule has 36 heavy (non-hydrogen) atoms. The van der Waals surface area contributed by atoms with E-state index in [2.05, 4.69) is 25.7 Å². The van der Waals surface area contributed by atoms with Gasteiger partial charge in [-0.3, -0.25) is 4.79 Å². The van der Waals surface area contributed by atoms with Gasteiger partial charge in [-0.1, -0.05) is 91.6 Å². The fourth-order valence-corrected chi connectivity index (χ4v) is 3.89. The van der Waals surface area contributed by atoms with Crippen LogP contribution in [0.1, 0.15) is 44.7 Å². The predicted octanol–water partition coefficient (Wildman–Crippen LogP) is 9.26. The van der Waals surface area contributed by atoms with E-state index in [0.29, 0.717) is 33.3 Å². The molecule has 7 heteroatoms. The molecule has 0 radical (unpaired) electrons. The van der Waals surface area contributed by atoms with Crippen LogP contribution < -0.4 is 10.1 Å². The van der Waals surface area contributed by atoms with Gasteiger partial charge in [0.05, 0.1) is 33.3 Å². The summed E-state index contributed by atoms with van der Waals surface area (Å²) in [6, 6.07) is 18.7. The molecule has 0 saturated heterocycles. The van der Waals surface area contributed by atoms with Crippen LogP contribution in [-0.2, 0) is 16.0 Å². The lowest BCUT2D eigenvalue weighted by molar-refractivity contribution is -0.146. The SMILES string of the molecule is C=CCOc1ccc(C(C)C)cc1Cl.CC(C)OC(=O)Cc1ccccc1Nc1c(Cl)cccc1Cl. The van der Waals surface area contributed by atoms with Crippen LogP contribution >= 0.6 is 34.8 Å². The molecule has 0 fully saturated rings. The lowest BCUT2D eigenvalue weighted by Gasteiger charge is -2.15. The highest BCUT2D eigenvalue weighted by Crippen LogP contribution is 2.33. The van der Waals surface area contributed by atoms with Gasteiger partial charge in [-0.15, -0.1) is 0 Å². The summed E-state index contributed by atoms with van der Waals surface area (Å²) in [5, 5.41) is 4.90. The van der Waals surface area contributed by atoms with Gasteiger partial charge in [0.15, 0.2) is 0 Å². The Hall–Kier alpha value is -2.66. The zero-order valence-electron chi connectivity index (χ0n) is 21.0. The Morgan fingerprint density at radius 1 is 0.944 bits per heavy atom. The molecule has 0 aromatic heterocycles. The number of carbonyl (C=O) groups is 1. The molecule has 0 aliphatic carbocycles. The number of esters is 1. The van der Waals surface area contributed by atoms with Crippen molar-refractivity contribution in [3.05, 3.63) is 99.5 Å². The number of halogens is 3. The minimum Gasteiger partial charge on any atom is -0.488 e. The summed E-state index contributed by atoms with van der Waals surface area (Å²) in [6.45, 7) is 12.0. The van der Waals surface area contributed by atoms with Crippen molar-refractivity contribution >= 4 is 52.1 Å². The first kappa shape index (κ1) is 29.6. The first-order valence-electron chi connectivity index (χ1n) is 11.6. The molecule has 0 amide bonds. The number of ether oxygens (including phenoxy) is 2. The van der Waals surface area contributed by atoms with Crippen molar-refractivity contribution in [2.75, 3.05) is 11.9 Å². The molecular formula is C29H32Cl3NO3. The molecule has 0 unspecified atom stereocenters. The number of anilines is 2. The molecule has 0 heterocycles. The van der Waals surface area contributed by atoms with Crippen molar-refractivity contribution in [1.82, 2.24) is 0 Å². The van der Waals surface area contributed by atoms with Gasteiger partial charge in [0, 0.05) is 5.69 Å². The average molecular weight is 549 g/mol. The van der Waals surface area contributed by atoms with E-state index in [1.807, 2.05) is 56.3 Å².